The highest BCUT2D eigenvalue weighted by Crippen LogP contribution is 2.16. The summed E-state index contributed by atoms with van der Waals surface area (Å²) < 4.78 is 1.64. The van der Waals surface area contributed by atoms with Crippen molar-refractivity contribution < 1.29 is 9.90 Å². The van der Waals surface area contributed by atoms with E-state index in [1.165, 1.54) is 0 Å². The lowest BCUT2D eigenvalue weighted by Gasteiger charge is -2.30. The maximum atomic E-state index is 12.4. The van der Waals surface area contributed by atoms with Gasteiger partial charge in [-0.05, 0) is 26.7 Å². The first kappa shape index (κ1) is 16.5. The number of rotatable bonds is 7. The molecule has 6 nitrogen and oxygen atoms in total. The zero-order valence-electron chi connectivity index (χ0n) is 12.9. The van der Waals surface area contributed by atoms with Gasteiger partial charge in [0.05, 0.1) is 23.7 Å². The predicted octanol–water partition coefficient (Wildman–Crippen LogP) is 1.09. The molecule has 0 spiro atoms. The molecular weight excluding hydrogens is 256 g/mol. The third-order valence-corrected chi connectivity index (χ3v) is 3.77. The van der Waals surface area contributed by atoms with E-state index in [0.717, 1.165) is 24.2 Å². The van der Waals surface area contributed by atoms with Crippen molar-refractivity contribution >= 4 is 11.6 Å². The Morgan fingerprint density at radius 3 is 2.40 bits per heavy atom. The highest BCUT2D eigenvalue weighted by atomic mass is 16.3. The number of nitrogens with zero attached hydrogens (tertiary/aromatic N) is 3. The molecule has 1 aromatic rings. The van der Waals surface area contributed by atoms with Gasteiger partial charge in [-0.2, -0.15) is 5.10 Å². The third kappa shape index (κ3) is 3.50. The summed E-state index contributed by atoms with van der Waals surface area (Å²) in [6, 6.07) is 0.156. The number of nitrogen functional groups attached to an aromatic ring is 1. The summed E-state index contributed by atoms with van der Waals surface area (Å²) in [5, 5.41) is 13.4. The summed E-state index contributed by atoms with van der Waals surface area (Å²) in [6.45, 7) is 8.29. The van der Waals surface area contributed by atoms with E-state index in [1.54, 1.807) is 9.58 Å². The average molecular weight is 282 g/mol. The fraction of sp³-hybridized carbons (Fsp3) is 0.714. The first-order valence-electron chi connectivity index (χ1n) is 7.15. The molecule has 0 aliphatic heterocycles. The molecule has 0 aromatic carbocycles. The van der Waals surface area contributed by atoms with Crippen LogP contribution in [0.4, 0.5) is 5.69 Å². The number of hydrogen-bond donors (Lipinski definition) is 2. The average Bonchev–Trinajstić information content (AvgIpc) is 2.66. The molecule has 0 aliphatic carbocycles. The summed E-state index contributed by atoms with van der Waals surface area (Å²) >= 11 is 0. The van der Waals surface area contributed by atoms with Gasteiger partial charge in [0.2, 0.25) is 5.91 Å². The smallest absolute Gasteiger partial charge is 0.244 e. The van der Waals surface area contributed by atoms with Gasteiger partial charge in [0, 0.05) is 12.6 Å². The molecular formula is C14H26N4O2. The molecule has 0 bridgehead atoms. The molecule has 0 saturated heterocycles. The van der Waals surface area contributed by atoms with Crippen LogP contribution in [0.5, 0.6) is 0 Å². The van der Waals surface area contributed by atoms with Gasteiger partial charge in [-0.3, -0.25) is 9.48 Å². The van der Waals surface area contributed by atoms with Crippen LogP contribution in [0.25, 0.3) is 0 Å². The second-order valence-electron chi connectivity index (χ2n) is 5.02. The second-order valence-corrected chi connectivity index (χ2v) is 5.02. The van der Waals surface area contributed by atoms with Crippen molar-refractivity contribution in [2.75, 3.05) is 18.9 Å². The van der Waals surface area contributed by atoms with Crippen molar-refractivity contribution in [1.82, 2.24) is 14.7 Å². The molecule has 1 rings (SSSR count). The zero-order chi connectivity index (χ0) is 15.3. The van der Waals surface area contributed by atoms with Crippen molar-refractivity contribution in [3.05, 3.63) is 11.4 Å². The first-order valence-corrected chi connectivity index (χ1v) is 7.15. The number of hydrogen-bond acceptors (Lipinski definition) is 4. The highest BCUT2D eigenvalue weighted by Gasteiger charge is 2.22. The summed E-state index contributed by atoms with van der Waals surface area (Å²) in [5.74, 6) is -0.0293. The van der Waals surface area contributed by atoms with Gasteiger partial charge in [-0.25, -0.2) is 0 Å². The number of anilines is 1. The Kier molecular flexibility index (Phi) is 6.01. The highest BCUT2D eigenvalue weighted by molar-refractivity contribution is 5.76. The summed E-state index contributed by atoms with van der Waals surface area (Å²) in [4.78, 5) is 14.2. The normalized spacial score (nSPS) is 11.1. The SMILES string of the molecule is CCC(CC)N(CCO)C(=O)Cn1nc(C)c(N)c1C. The molecule has 1 amide bonds. The Balaban J connectivity index is 2.87. The van der Waals surface area contributed by atoms with E-state index in [9.17, 15) is 4.79 Å². The van der Waals surface area contributed by atoms with Gasteiger partial charge in [-0.1, -0.05) is 13.8 Å². The van der Waals surface area contributed by atoms with Crippen molar-refractivity contribution in [1.29, 1.82) is 0 Å². The number of nitrogens with two attached hydrogens (primary N) is 1. The molecule has 114 valence electrons. The lowest BCUT2D eigenvalue weighted by molar-refractivity contribution is -0.135. The standard InChI is InChI=1S/C14H26N4O2/c1-5-12(6-2)17(7-8-19)13(20)9-18-11(4)14(15)10(3)16-18/h12,19H,5-9,15H2,1-4H3. The Labute approximate surface area is 120 Å². The monoisotopic (exact) mass is 282 g/mol. The lowest BCUT2D eigenvalue weighted by Crippen LogP contribution is -2.43. The maximum Gasteiger partial charge on any atom is 0.244 e. The minimum Gasteiger partial charge on any atom is -0.396 e. The van der Waals surface area contributed by atoms with Crippen LogP contribution in [0.15, 0.2) is 0 Å². The Hall–Kier alpha value is -1.56. The van der Waals surface area contributed by atoms with Crippen molar-refractivity contribution in [3.8, 4) is 0 Å². The molecule has 20 heavy (non-hydrogen) atoms. The number of aliphatic hydroxyl groups excluding tert-OH is 1. The number of amides is 1. The van der Waals surface area contributed by atoms with Crippen LogP contribution in [0.3, 0.4) is 0 Å². The largest absolute Gasteiger partial charge is 0.396 e. The van der Waals surface area contributed by atoms with Crippen LogP contribution in [0.1, 0.15) is 38.1 Å². The minimum atomic E-state index is -0.0293. The second kappa shape index (κ2) is 7.28. The first-order chi connectivity index (χ1) is 9.46. The zero-order valence-corrected chi connectivity index (χ0v) is 12.9. The molecule has 0 radical (unpaired) electrons. The number of aliphatic hydroxyl groups is 1. The van der Waals surface area contributed by atoms with Crippen molar-refractivity contribution in [3.63, 3.8) is 0 Å². The summed E-state index contributed by atoms with van der Waals surface area (Å²) in [7, 11) is 0. The molecule has 0 aliphatic rings. The van der Waals surface area contributed by atoms with Gasteiger partial charge in [-0.15, -0.1) is 0 Å². The van der Waals surface area contributed by atoms with E-state index in [4.69, 9.17) is 10.8 Å². The summed E-state index contributed by atoms with van der Waals surface area (Å²) in [6.07, 6.45) is 1.75. The molecule has 0 unspecified atom stereocenters. The van der Waals surface area contributed by atoms with Gasteiger partial charge in [0.1, 0.15) is 6.54 Å². The van der Waals surface area contributed by atoms with Crippen LogP contribution in [0, 0.1) is 13.8 Å². The van der Waals surface area contributed by atoms with Gasteiger partial charge >= 0.3 is 0 Å². The van der Waals surface area contributed by atoms with E-state index < -0.39 is 0 Å². The van der Waals surface area contributed by atoms with Crippen molar-refractivity contribution in [2.24, 2.45) is 0 Å². The van der Waals surface area contributed by atoms with Crippen LogP contribution in [-0.2, 0) is 11.3 Å². The maximum absolute atomic E-state index is 12.4. The Bertz CT molecular complexity index is 452. The van der Waals surface area contributed by atoms with E-state index in [-0.39, 0.29) is 25.1 Å². The van der Waals surface area contributed by atoms with E-state index in [0.29, 0.717) is 12.2 Å². The molecule has 1 aromatic heterocycles. The molecule has 6 heteroatoms. The molecule has 3 N–H and O–H groups in total. The predicted molar refractivity (Wildman–Crippen MR) is 79.3 cm³/mol. The quantitative estimate of drug-likeness (QED) is 0.784. The molecule has 0 saturated carbocycles. The van der Waals surface area contributed by atoms with Crippen molar-refractivity contribution in [2.45, 2.75) is 53.1 Å². The summed E-state index contributed by atoms with van der Waals surface area (Å²) in [5.41, 5.74) is 8.06. The van der Waals surface area contributed by atoms with Gasteiger partial charge in [0.25, 0.3) is 0 Å². The lowest BCUT2D eigenvalue weighted by atomic mass is 10.1. The third-order valence-electron chi connectivity index (χ3n) is 3.77. The molecule has 0 atom stereocenters. The van der Waals surface area contributed by atoms with E-state index in [1.807, 2.05) is 27.7 Å². The van der Waals surface area contributed by atoms with E-state index in [2.05, 4.69) is 5.10 Å². The van der Waals surface area contributed by atoms with Crippen LogP contribution < -0.4 is 5.73 Å². The molecule has 0 fully saturated rings. The fourth-order valence-electron chi connectivity index (χ4n) is 2.43. The van der Waals surface area contributed by atoms with Gasteiger partial charge in [0.15, 0.2) is 0 Å². The number of carbonyl (C=O) groups excluding carboxylic acids is 1. The molecule has 1 heterocycles. The Morgan fingerprint density at radius 1 is 1.40 bits per heavy atom. The van der Waals surface area contributed by atoms with Crippen LogP contribution in [0.2, 0.25) is 0 Å². The van der Waals surface area contributed by atoms with Gasteiger partial charge < -0.3 is 15.7 Å². The van der Waals surface area contributed by atoms with E-state index >= 15 is 0 Å². The Morgan fingerprint density at radius 2 is 2.00 bits per heavy atom. The van der Waals surface area contributed by atoms with Crippen LogP contribution >= 0.6 is 0 Å². The van der Waals surface area contributed by atoms with Crippen LogP contribution in [-0.4, -0.2) is 44.9 Å². The number of aryl methyl sites for hydroxylation is 1. The topological polar surface area (TPSA) is 84.4 Å². The fourth-order valence-corrected chi connectivity index (χ4v) is 2.43. The minimum absolute atomic E-state index is 0.0263. The number of aromatic nitrogens is 2. The number of carbonyl (C=O) groups is 1.